The van der Waals surface area contributed by atoms with Crippen LogP contribution in [0.4, 0.5) is 4.79 Å². The third-order valence-corrected chi connectivity index (χ3v) is 3.00. The fraction of sp³-hybridized carbons (Fsp3) is 0.769. The summed E-state index contributed by atoms with van der Waals surface area (Å²) in [5.74, 6) is 0. The van der Waals surface area contributed by atoms with Crippen molar-refractivity contribution in [2.45, 2.75) is 52.1 Å². The summed E-state index contributed by atoms with van der Waals surface area (Å²) in [5, 5.41) is 2.86. The van der Waals surface area contributed by atoms with Crippen LogP contribution in [-0.2, 0) is 4.74 Å². The minimum absolute atomic E-state index is 0.249. The first kappa shape index (κ1) is 13.1. The summed E-state index contributed by atoms with van der Waals surface area (Å²) in [6, 6.07) is 0. The average Bonchev–Trinajstić information content (AvgIpc) is 2.06. The van der Waals surface area contributed by atoms with E-state index in [0.717, 1.165) is 6.42 Å². The number of amides is 1. The molecule has 0 aromatic heterocycles. The Morgan fingerprint density at radius 3 is 2.50 bits per heavy atom. The molecule has 0 aromatic rings. The van der Waals surface area contributed by atoms with Crippen LogP contribution in [0.5, 0.6) is 0 Å². The van der Waals surface area contributed by atoms with E-state index in [1.54, 1.807) is 0 Å². The van der Waals surface area contributed by atoms with Gasteiger partial charge in [-0.25, -0.2) is 4.79 Å². The lowest BCUT2D eigenvalue weighted by atomic mass is 9.66. The first-order chi connectivity index (χ1) is 7.37. The zero-order valence-corrected chi connectivity index (χ0v) is 10.6. The Hall–Kier alpha value is -0.990. The topological polar surface area (TPSA) is 38.3 Å². The highest BCUT2D eigenvalue weighted by molar-refractivity contribution is 5.67. The van der Waals surface area contributed by atoms with E-state index >= 15 is 0 Å². The van der Waals surface area contributed by atoms with E-state index in [-0.39, 0.29) is 11.5 Å². The zero-order valence-electron chi connectivity index (χ0n) is 10.6. The number of carbonyl (C=O) groups excluding carboxylic acids is 1. The van der Waals surface area contributed by atoms with E-state index in [1.807, 2.05) is 26.8 Å². The van der Waals surface area contributed by atoms with Gasteiger partial charge in [0.1, 0.15) is 5.60 Å². The highest BCUT2D eigenvalue weighted by Crippen LogP contribution is 2.43. The highest BCUT2D eigenvalue weighted by atomic mass is 16.6. The smallest absolute Gasteiger partial charge is 0.407 e. The molecule has 3 heteroatoms. The minimum Gasteiger partial charge on any atom is -0.444 e. The SMILES string of the molecule is C=CCC1(CNC(=O)OC(C)(C)C)CCC1. The molecule has 0 bridgehead atoms. The standard InChI is InChI=1S/C13H23NO2/c1-5-7-13(8-6-9-13)10-14-11(15)16-12(2,3)4/h5H,1,6-10H2,2-4H3,(H,14,15). The molecule has 1 amide bonds. The third-order valence-electron chi connectivity index (χ3n) is 3.00. The van der Waals surface area contributed by atoms with Crippen molar-refractivity contribution in [3.63, 3.8) is 0 Å². The molecule has 1 N–H and O–H groups in total. The molecule has 1 rings (SSSR count). The predicted molar refractivity (Wildman–Crippen MR) is 65.3 cm³/mol. The number of allylic oxidation sites excluding steroid dienone is 1. The Kier molecular flexibility index (Phi) is 4.00. The van der Waals surface area contributed by atoms with Crippen molar-refractivity contribution >= 4 is 6.09 Å². The fourth-order valence-corrected chi connectivity index (χ4v) is 2.01. The minimum atomic E-state index is -0.421. The quantitative estimate of drug-likeness (QED) is 0.746. The predicted octanol–water partition coefficient (Wildman–Crippen LogP) is 3.26. The first-order valence-corrected chi connectivity index (χ1v) is 5.95. The Morgan fingerprint density at radius 1 is 1.50 bits per heavy atom. The summed E-state index contributed by atoms with van der Waals surface area (Å²) in [4.78, 5) is 11.5. The van der Waals surface area contributed by atoms with Gasteiger partial charge in [0.15, 0.2) is 0 Å². The monoisotopic (exact) mass is 225 g/mol. The Bertz CT molecular complexity index is 262. The Morgan fingerprint density at radius 2 is 2.12 bits per heavy atom. The lowest BCUT2D eigenvalue weighted by molar-refractivity contribution is 0.0454. The normalized spacial score (nSPS) is 18.4. The summed E-state index contributed by atoms with van der Waals surface area (Å²) >= 11 is 0. The molecular formula is C13H23NO2. The molecule has 0 aromatic carbocycles. The molecule has 0 atom stereocenters. The van der Waals surface area contributed by atoms with Gasteiger partial charge in [-0.05, 0) is 45.4 Å². The molecule has 1 aliphatic rings. The van der Waals surface area contributed by atoms with Gasteiger partial charge < -0.3 is 10.1 Å². The summed E-state index contributed by atoms with van der Waals surface area (Å²) in [7, 11) is 0. The molecule has 0 saturated heterocycles. The lowest BCUT2D eigenvalue weighted by Gasteiger charge is -2.41. The number of ether oxygens (including phenoxy) is 1. The van der Waals surface area contributed by atoms with Gasteiger partial charge in [-0.3, -0.25) is 0 Å². The van der Waals surface area contributed by atoms with Crippen LogP contribution < -0.4 is 5.32 Å². The lowest BCUT2D eigenvalue weighted by Crippen LogP contribution is -2.43. The van der Waals surface area contributed by atoms with Crippen LogP contribution in [0.2, 0.25) is 0 Å². The van der Waals surface area contributed by atoms with E-state index in [1.165, 1.54) is 19.3 Å². The van der Waals surface area contributed by atoms with Gasteiger partial charge in [0.05, 0.1) is 0 Å². The number of alkyl carbamates (subject to hydrolysis) is 1. The molecule has 0 radical (unpaired) electrons. The maximum Gasteiger partial charge on any atom is 0.407 e. The van der Waals surface area contributed by atoms with Gasteiger partial charge in [-0.15, -0.1) is 6.58 Å². The molecule has 1 saturated carbocycles. The van der Waals surface area contributed by atoms with Crippen molar-refractivity contribution in [2.75, 3.05) is 6.54 Å². The van der Waals surface area contributed by atoms with E-state index in [9.17, 15) is 4.79 Å². The van der Waals surface area contributed by atoms with Crippen LogP contribution in [0.1, 0.15) is 46.5 Å². The second-order valence-electron chi connectivity index (χ2n) is 5.70. The molecule has 0 aliphatic heterocycles. The number of nitrogens with one attached hydrogen (secondary N) is 1. The second kappa shape index (κ2) is 4.89. The van der Waals surface area contributed by atoms with Crippen LogP contribution in [0.25, 0.3) is 0 Å². The van der Waals surface area contributed by atoms with Gasteiger partial charge in [0.25, 0.3) is 0 Å². The first-order valence-electron chi connectivity index (χ1n) is 5.95. The number of rotatable bonds is 4. The molecule has 0 heterocycles. The molecular weight excluding hydrogens is 202 g/mol. The molecule has 0 unspecified atom stereocenters. The van der Waals surface area contributed by atoms with Crippen molar-refractivity contribution in [1.29, 1.82) is 0 Å². The van der Waals surface area contributed by atoms with E-state index < -0.39 is 5.60 Å². The molecule has 92 valence electrons. The molecule has 1 fully saturated rings. The summed E-state index contributed by atoms with van der Waals surface area (Å²) in [6.45, 7) is 10.1. The molecule has 3 nitrogen and oxygen atoms in total. The number of carbonyl (C=O) groups is 1. The van der Waals surface area contributed by atoms with Crippen LogP contribution >= 0.6 is 0 Å². The number of hydrogen-bond donors (Lipinski definition) is 1. The third kappa shape index (κ3) is 3.87. The van der Waals surface area contributed by atoms with E-state index in [0.29, 0.717) is 6.54 Å². The van der Waals surface area contributed by atoms with Gasteiger partial charge in [0, 0.05) is 6.54 Å². The maximum atomic E-state index is 11.5. The maximum absolute atomic E-state index is 11.5. The number of hydrogen-bond acceptors (Lipinski definition) is 2. The van der Waals surface area contributed by atoms with Gasteiger partial charge in [-0.2, -0.15) is 0 Å². The molecule has 16 heavy (non-hydrogen) atoms. The van der Waals surface area contributed by atoms with Crippen molar-refractivity contribution in [3.05, 3.63) is 12.7 Å². The van der Waals surface area contributed by atoms with Crippen molar-refractivity contribution < 1.29 is 9.53 Å². The van der Waals surface area contributed by atoms with Crippen molar-refractivity contribution in [1.82, 2.24) is 5.32 Å². The van der Waals surface area contributed by atoms with Crippen LogP contribution in [0.15, 0.2) is 12.7 Å². The van der Waals surface area contributed by atoms with Gasteiger partial charge in [0.2, 0.25) is 0 Å². The van der Waals surface area contributed by atoms with Crippen molar-refractivity contribution in [3.8, 4) is 0 Å². The molecule has 1 aliphatic carbocycles. The van der Waals surface area contributed by atoms with Crippen molar-refractivity contribution in [2.24, 2.45) is 5.41 Å². The zero-order chi connectivity index (χ0) is 12.2. The van der Waals surface area contributed by atoms with Gasteiger partial charge in [-0.1, -0.05) is 12.5 Å². The van der Waals surface area contributed by atoms with Crippen LogP contribution in [-0.4, -0.2) is 18.2 Å². The van der Waals surface area contributed by atoms with E-state index in [4.69, 9.17) is 4.74 Å². The Balaban J connectivity index is 2.33. The van der Waals surface area contributed by atoms with Crippen LogP contribution in [0, 0.1) is 5.41 Å². The van der Waals surface area contributed by atoms with Gasteiger partial charge >= 0.3 is 6.09 Å². The highest BCUT2D eigenvalue weighted by Gasteiger charge is 2.36. The molecule has 0 spiro atoms. The van der Waals surface area contributed by atoms with E-state index in [2.05, 4.69) is 11.9 Å². The fourth-order valence-electron chi connectivity index (χ4n) is 2.01. The summed E-state index contributed by atoms with van der Waals surface area (Å²) < 4.78 is 5.20. The summed E-state index contributed by atoms with van der Waals surface area (Å²) in [5.41, 5.74) is -0.173. The van der Waals surface area contributed by atoms with Crippen LogP contribution in [0.3, 0.4) is 0 Å². The largest absolute Gasteiger partial charge is 0.444 e. The second-order valence-corrected chi connectivity index (χ2v) is 5.70. The Labute approximate surface area is 98.2 Å². The summed E-state index contributed by atoms with van der Waals surface area (Å²) in [6.07, 6.45) is 6.20. The average molecular weight is 225 g/mol.